The molecule has 0 saturated carbocycles. The highest BCUT2D eigenvalue weighted by Gasteiger charge is 2.18. The van der Waals surface area contributed by atoms with Gasteiger partial charge in [-0.05, 0) is 58.5 Å². The average Bonchev–Trinajstić information content (AvgIpc) is 3.40. The zero-order valence-electron chi connectivity index (χ0n) is 15.7. The molecule has 0 saturated heterocycles. The summed E-state index contributed by atoms with van der Waals surface area (Å²) in [7, 11) is 0. The zero-order chi connectivity index (χ0) is 20.7. The van der Waals surface area contributed by atoms with Crippen molar-refractivity contribution in [2.75, 3.05) is 0 Å². The Bertz CT molecular complexity index is 1320. The van der Waals surface area contributed by atoms with E-state index >= 15 is 0 Å². The van der Waals surface area contributed by atoms with Gasteiger partial charge in [-0.2, -0.15) is 10.2 Å². The van der Waals surface area contributed by atoms with E-state index in [0.717, 1.165) is 29.7 Å². The minimum Gasteiger partial charge on any atom is -0.272 e. The molecule has 4 aromatic rings. The average molecular weight is 435 g/mol. The van der Waals surface area contributed by atoms with E-state index in [9.17, 15) is 4.79 Å². The number of nitrogens with one attached hydrogen (secondary N) is 2. The van der Waals surface area contributed by atoms with Gasteiger partial charge in [-0.25, -0.2) is 5.43 Å². The maximum Gasteiger partial charge on any atom is 0.289 e. The Morgan fingerprint density at radius 3 is 2.70 bits per heavy atom. The zero-order valence-corrected chi connectivity index (χ0v) is 17.3. The molecular weight excluding hydrogens is 419 g/mol. The van der Waals surface area contributed by atoms with Crippen LogP contribution < -0.4 is 5.43 Å². The topological polar surface area (TPSA) is 70.1 Å². The molecule has 1 aromatic heterocycles. The first kappa shape index (κ1) is 18.9. The van der Waals surface area contributed by atoms with Crippen molar-refractivity contribution >= 4 is 46.1 Å². The van der Waals surface area contributed by atoms with Crippen LogP contribution in [0, 0.1) is 0 Å². The number of carbonyl (C=O) groups excluding carboxylic acids is 1. The van der Waals surface area contributed by atoms with Gasteiger partial charge in [0.1, 0.15) is 5.69 Å². The molecular formula is C23H16Cl2N4O. The van der Waals surface area contributed by atoms with Crippen LogP contribution in [0.4, 0.5) is 0 Å². The smallest absolute Gasteiger partial charge is 0.272 e. The number of carbonyl (C=O) groups is 1. The molecule has 0 radical (unpaired) electrons. The maximum atomic E-state index is 12.4. The van der Waals surface area contributed by atoms with E-state index < -0.39 is 0 Å². The van der Waals surface area contributed by atoms with Crippen molar-refractivity contribution in [1.29, 1.82) is 0 Å². The highest BCUT2D eigenvalue weighted by atomic mass is 35.5. The Morgan fingerprint density at radius 2 is 1.87 bits per heavy atom. The lowest BCUT2D eigenvalue weighted by atomic mass is 9.98. The van der Waals surface area contributed by atoms with E-state index in [4.69, 9.17) is 23.2 Å². The molecule has 0 bridgehead atoms. The van der Waals surface area contributed by atoms with Gasteiger partial charge in [-0.3, -0.25) is 9.89 Å². The van der Waals surface area contributed by atoms with Crippen LogP contribution in [0.5, 0.6) is 0 Å². The predicted octanol–water partition coefficient (Wildman–Crippen LogP) is 5.40. The number of hydrogen-bond donors (Lipinski definition) is 2. The van der Waals surface area contributed by atoms with Crippen molar-refractivity contribution in [2.45, 2.75) is 12.8 Å². The van der Waals surface area contributed by atoms with E-state index in [1.807, 2.05) is 0 Å². The first-order chi connectivity index (χ1) is 14.6. The van der Waals surface area contributed by atoms with Crippen LogP contribution in [-0.4, -0.2) is 22.3 Å². The van der Waals surface area contributed by atoms with Gasteiger partial charge in [0.2, 0.25) is 0 Å². The molecule has 1 aliphatic rings. The van der Waals surface area contributed by atoms with Gasteiger partial charge in [0.15, 0.2) is 0 Å². The van der Waals surface area contributed by atoms with E-state index in [2.05, 4.69) is 51.1 Å². The number of nitrogens with zero attached hydrogens (tertiary/aromatic N) is 2. The summed E-state index contributed by atoms with van der Waals surface area (Å²) >= 11 is 11.9. The van der Waals surface area contributed by atoms with Crippen LogP contribution in [-0.2, 0) is 12.8 Å². The monoisotopic (exact) mass is 434 g/mol. The number of amides is 1. The van der Waals surface area contributed by atoms with Crippen molar-refractivity contribution in [3.8, 4) is 11.3 Å². The second kappa shape index (κ2) is 7.59. The molecule has 0 fully saturated rings. The quantitative estimate of drug-likeness (QED) is 0.333. The fourth-order valence-electron chi connectivity index (χ4n) is 3.86. The van der Waals surface area contributed by atoms with Gasteiger partial charge in [0.05, 0.1) is 22.0 Å². The Morgan fingerprint density at radius 1 is 1.03 bits per heavy atom. The Hall–Kier alpha value is -3.15. The number of aromatic nitrogens is 2. The summed E-state index contributed by atoms with van der Waals surface area (Å²) in [6.45, 7) is 0. The SMILES string of the molecule is O=C(N/N=C\c1ccc(Cl)c(Cl)c1)c1cc(-c2ccc3c4c(cccc24)CC3)n[nH]1. The molecule has 0 spiro atoms. The molecule has 3 aromatic carbocycles. The van der Waals surface area contributed by atoms with Crippen molar-refractivity contribution in [2.24, 2.45) is 5.10 Å². The number of aromatic amines is 1. The van der Waals surface area contributed by atoms with Crippen LogP contribution in [0.15, 0.2) is 59.7 Å². The third kappa shape index (κ3) is 3.36. The molecule has 5 rings (SSSR count). The summed E-state index contributed by atoms with van der Waals surface area (Å²) < 4.78 is 0. The maximum absolute atomic E-state index is 12.4. The van der Waals surface area contributed by atoms with Gasteiger partial charge in [0, 0.05) is 5.56 Å². The van der Waals surface area contributed by atoms with Crippen molar-refractivity contribution < 1.29 is 4.79 Å². The molecule has 5 nitrogen and oxygen atoms in total. The number of aryl methyl sites for hydroxylation is 2. The standard InChI is InChI=1S/C23H16Cl2N4O/c24-18-9-4-13(10-19(18)25)12-26-29-23(30)21-11-20(27-28-21)16-8-7-15-6-5-14-2-1-3-17(16)22(14)15/h1-4,7-12H,5-6H2,(H,27,28)(H,29,30)/b26-12-. The van der Waals surface area contributed by atoms with Crippen molar-refractivity contribution in [1.82, 2.24) is 15.6 Å². The summed E-state index contributed by atoms with van der Waals surface area (Å²) in [4.78, 5) is 12.4. The van der Waals surface area contributed by atoms with E-state index in [-0.39, 0.29) is 5.91 Å². The lowest BCUT2D eigenvalue weighted by Gasteiger charge is -2.06. The van der Waals surface area contributed by atoms with Gasteiger partial charge in [-0.15, -0.1) is 0 Å². The fourth-order valence-corrected chi connectivity index (χ4v) is 4.17. The van der Waals surface area contributed by atoms with Crippen LogP contribution in [0.1, 0.15) is 27.2 Å². The fraction of sp³-hybridized carbons (Fsp3) is 0.0870. The second-order valence-electron chi connectivity index (χ2n) is 7.15. The molecule has 7 heteroatoms. The largest absolute Gasteiger partial charge is 0.289 e. The minimum atomic E-state index is -0.379. The van der Waals surface area contributed by atoms with Crippen molar-refractivity contribution in [3.63, 3.8) is 0 Å². The number of hydrogen-bond acceptors (Lipinski definition) is 3. The molecule has 148 valence electrons. The van der Waals surface area contributed by atoms with Gasteiger partial charge < -0.3 is 0 Å². The third-order valence-electron chi connectivity index (χ3n) is 5.30. The Labute approximate surface area is 182 Å². The highest BCUT2D eigenvalue weighted by molar-refractivity contribution is 6.42. The lowest BCUT2D eigenvalue weighted by molar-refractivity contribution is 0.0950. The summed E-state index contributed by atoms with van der Waals surface area (Å²) in [5.41, 5.74) is 8.03. The summed E-state index contributed by atoms with van der Waals surface area (Å²) in [6.07, 6.45) is 3.64. The minimum absolute atomic E-state index is 0.333. The third-order valence-corrected chi connectivity index (χ3v) is 6.04. The molecule has 0 unspecified atom stereocenters. The normalized spacial score (nSPS) is 12.7. The van der Waals surface area contributed by atoms with Crippen LogP contribution in [0.2, 0.25) is 10.0 Å². The van der Waals surface area contributed by atoms with Crippen LogP contribution >= 0.6 is 23.2 Å². The molecule has 0 aliphatic heterocycles. The second-order valence-corrected chi connectivity index (χ2v) is 7.97. The van der Waals surface area contributed by atoms with Crippen LogP contribution in [0.25, 0.3) is 22.0 Å². The Kier molecular flexibility index (Phi) is 4.77. The highest BCUT2D eigenvalue weighted by Crippen LogP contribution is 2.36. The van der Waals surface area contributed by atoms with E-state index in [1.54, 1.807) is 24.3 Å². The molecule has 30 heavy (non-hydrogen) atoms. The molecule has 1 heterocycles. The summed E-state index contributed by atoms with van der Waals surface area (Å²) in [5, 5.41) is 14.5. The number of rotatable bonds is 4. The van der Waals surface area contributed by atoms with Crippen LogP contribution in [0.3, 0.4) is 0 Å². The predicted molar refractivity (Wildman–Crippen MR) is 120 cm³/mol. The molecule has 2 N–H and O–H groups in total. The Balaban J connectivity index is 1.37. The van der Waals surface area contributed by atoms with E-state index in [1.165, 1.54) is 28.1 Å². The first-order valence-electron chi connectivity index (χ1n) is 9.48. The molecule has 1 amide bonds. The summed E-state index contributed by atoms with van der Waals surface area (Å²) in [6, 6.07) is 17.4. The van der Waals surface area contributed by atoms with Gasteiger partial charge >= 0.3 is 0 Å². The number of hydrazone groups is 1. The molecule has 1 aliphatic carbocycles. The lowest BCUT2D eigenvalue weighted by Crippen LogP contribution is -2.18. The van der Waals surface area contributed by atoms with Gasteiger partial charge in [-0.1, -0.05) is 59.6 Å². The van der Waals surface area contributed by atoms with Crippen molar-refractivity contribution in [3.05, 3.63) is 87.0 Å². The van der Waals surface area contributed by atoms with Gasteiger partial charge in [0.25, 0.3) is 5.91 Å². The molecule has 0 atom stereocenters. The number of benzene rings is 3. The number of H-pyrrole nitrogens is 1. The first-order valence-corrected chi connectivity index (χ1v) is 10.2. The van der Waals surface area contributed by atoms with E-state index in [0.29, 0.717) is 15.7 Å². The number of halogens is 2. The summed E-state index contributed by atoms with van der Waals surface area (Å²) in [5.74, 6) is -0.379.